The van der Waals surface area contributed by atoms with E-state index >= 15 is 0 Å². The Hall–Kier alpha value is -0.330. The van der Waals surface area contributed by atoms with Crippen molar-refractivity contribution < 1.29 is 4.79 Å². The van der Waals surface area contributed by atoms with Crippen LogP contribution in [-0.4, -0.2) is 6.29 Å². The number of hydrogen-bond acceptors (Lipinski definition) is 1. The van der Waals surface area contributed by atoms with Gasteiger partial charge in [0.1, 0.15) is 6.29 Å². The third kappa shape index (κ3) is 2.09. The van der Waals surface area contributed by atoms with Crippen LogP contribution in [0, 0.1) is 23.7 Å². The van der Waals surface area contributed by atoms with Crippen LogP contribution in [0.4, 0.5) is 0 Å². The average Bonchev–Trinajstić information content (AvgIpc) is 2.03. The summed E-state index contributed by atoms with van der Waals surface area (Å²) in [4.78, 5) is 10.8. The third-order valence-electron chi connectivity index (χ3n) is 3.25. The summed E-state index contributed by atoms with van der Waals surface area (Å²) < 4.78 is 0. The van der Waals surface area contributed by atoms with Gasteiger partial charge in [-0.05, 0) is 30.6 Å². The summed E-state index contributed by atoms with van der Waals surface area (Å²) in [5.41, 5.74) is 0. The quantitative estimate of drug-likeness (QED) is 0.579. The number of carbonyl (C=O) groups excluding carboxylic acids is 1. The molecule has 1 aliphatic rings. The van der Waals surface area contributed by atoms with Gasteiger partial charge in [0, 0.05) is 5.92 Å². The lowest BCUT2D eigenvalue weighted by Crippen LogP contribution is -2.28. The zero-order chi connectivity index (χ0) is 9.14. The molecule has 1 rings (SSSR count). The van der Waals surface area contributed by atoms with Gasteiger partial charge in [-0.15, -0.1) is 0 Å². The fourth-order valence-corrected chi connectivity index (χ4v) is 2.43. The molecule has 1 fully saturated rings. The van der Waals surface area contributed by atoms with Crippen molar-refractivity contribution in [2.24, 2.45) is 23.7 Å². The second-order valence-electron chi connectivity index (χ2n) is 4.63. The molecule has 1 unspecified atom stereocenters. The van der Waals surface area contributed by atoms with Gasteiger partial charge >= 0.3 is 0 Å². The molecule has 0 aromatic rings. The minimum absolute atomic E-state index is 0.341. The molecule has 1 nitrogen and oxygen atoms in total. The first-order chi connectivity index (χ1) is 5.65. The first-order valence-electron chi connectivity index (χ1n) is 5.10. The molecule has 1 saturated carbocycles. The van der Waals surface area contributed by atoms with Gasteiger partial charge in [0.2, 0.25) is 0 Å². The summed E-state index contributed by atoms with van der Waals surface area (Å²) in [5.74, 6) is 2.43. The minimum Gasteiger partial charge on any atom is -0.303 e. The smallest absolute Gasteiger partial charge is 0.123 e. The fraction of sp³-hybridized carbons (Fsp3) is 0.909. The van der Waals surface area contributed by atoms with E-state index in [-0.39, 0.29) is 0 Å². The maximum atomic E-state index is 10.8. The van der Waals surface area contributed by atoms with Crippen LogP contribution in [0.5, 0.6) is 0 Å². The van der Waals surface area contributed by atoms with Gasteiger partial charge < -0.3 is 4.79 Å². The molecule has 1 heteroatoms. The lowest BCUT2D eigenvalue weighted by atomic mass is 9.71. The van der Waals surface area contributed by atoms with Crippen molar-refractivity contribution in [2.75, 3.05) is 0 Å². The van der Waals surface area contributed by atoms with E-state index in [1.165, 1.54) is 19.1 Å². The van der Waals surface area contributed by atoms with E-state index in [9.17, 15) is 4.79 Å². The fourth-order valence-electron chi connectivity index (χ4n) is 2.43. The Morgan fingerprint density at radius 1 is 1.33 bits per heavy atom. The highest BCUT2D eigenvalue weighted by Crippen LogP contribution is 2.36. The van der Waals surface area contributed by atoms with Crippen molar-refractivity contribution in [3.8, 4) is 0 Å². The van der Waals surface area contributed by atoms with Gasteiger partial charge in [-0.2, -0.15) is 0 Å². The zero-order valence-electron chi connectivity index (χ0n) is 8.42. The molecule has 0 spiro atoms. The molecule has 1 aliphatic carbocycles. The van der Waals surface area contributed by atoms with Crippen molar-refractivity contribution in [1.29, 1.82) is 0 Å². The van der Waals surface area contributed by atoms with Crippen LogP contribution in [0.15, 0.2) is 0 Å². The molecule has 0 aromatic carbocycles. The number of rotatable bonds is 2. The molecule has 0 heterocycles. The first kappa shape index (κ1) is 9.76. The third-order valence-corrected chi connectivity index (χ3v) is 3.25. The molecular formula is C11H20O. The minimum atomic E-state index is 0.341. The van der Waals surface area contributed by atoms with Crippen molar-refractivity contribution in [3.05, 3.63) is 0 Å². The largest absolute Gasteiger partial charge is 0.303 e. The van der Waals surface area contributed by atoms with Crippen LogP contribution < -0.4 is 0 Å². The van der Waals surface area contributed by atoms with Crippen molar-refractivity contribution in [3.63, 3.8) is 0 Å². The van der Waals surface area contributed by atoms with Crippen molar-refractivity contribution in [2.45, 2.75) is 40.0 Å². The van der Waals surface area contributed by atoms with Gasteiger partial charge in [-0.3, -0.25) is 0 Å². The van der Waals surface area contributed by atoms with Crippen LogP contribution in [0.25, 0.3) is 0 Å². The summed E-state index contributed by atoms with van der Waals surface area (Å²) in [6.45, 7) is 6.72. The zero-order valence-corrected chi connectivity index (χ0v) is 8.42. The molecule has 0 radical (unpaired) electrons. The molecule has 0 amide bonds. The Morgan fingerprint density at radius 3 is 2.50 bits per heavy atom. The molecule has 0 saturated heterocycles. The van der Waals surface area contributed by atoms with Gasteiger partial charge in [0.15, 0.2) is 0 Å². The maximum absolute atomic E-state index is 10.8. The SMILES string of the molecule is CC(C)C1CC[C@@H](C)C[C@H]1C=O. The molecule has 0 bridgehead atoms. The van der Waals surface area contributed by atoms with E-state index in [0.29, 0.717) is 17.8 Å². The van der Waals surface area contributed by atoms with Crippen LogP contribution >= 0.6 is 0 Å². The maximum Gasteiger partial charge on any atom is 0.123 e. The summed E-state index contributed by atoms with van der Waals surface area (Å²) in [7, 11) is 0. The van der Waals surface area contributed by atoms with Crippen LogP contribution in [-0.2, 0) is 4.79 Å². The van der Waals surface area contributed by atoms with E-state index in [4.69, 9.17) is 0 Å². The monoisotopic (exact) mass is 168 g/mol. The Balaban J connectivity index is 2.56. The highest BCUT2D eigenvalue weighted by molar-refractivity contribution is 5.54. The van der Waals surface area contributed by atoms with E-state index < -0.39 is 0 Å². The second kappa shape index (κ2) is 4.06. The Labute approximate surface area is 75.5 Å². The van der Waals surface area contributed by atoms with Gasteiger partial charge in [0.05, 0.1) is 0 Å². The number of hydrogen-bond donors (Lipinski definition) is 0. The van der Waals surface area contributed by atoms with Crippen molar-refractivity contribution >= 4 is 6.29 Å². The Bertz CT molecular complexity index is 151. The Morgan fingerprint density at radius 2 is 2.00 bits per heavy atom. The van der Waals surface area contributed by atoms with E-state index in [1.807, 2.05) is 0 Å². The topological polar surface area (TPSA) is 17.1 Å². The highest BCUT2D eigenvalue weighted by Gasteiger charge is 2.29. The van der Waals surface area contributed by atoms with Crippen LogP contribution in [0.2, 0.25) is 0 Å². The molecule has 12 heavy (non-hydrogen) atoms. The normalized spacial score (nSPS) is 36.8. The first-order valence-corrected chi connectivity index (χ1v) is 5.10. The molecule has 70 valence electrons. The summed E-state index contributed by atoms with van der Waals surface area (Å²) in [6.07, 6.45) is 4.86. The van der Waals surface area contributed by atoms with Gasteiger partial charge in [-0.1, -0.05) is 27.2 Å². The van der Waals surface area contributed by atoms with Crippen molar-refractivity contribution in [1.82, 2.24) is 0 Å². The lowest BCUT2D eigenvalue weighted by molar-refractivity contribution is -0.114. The summed E-state index contributed by atoms with van der Waals surface area (Å²) >= 11 is 0. The standard InChI is InChI=1S/C11H20O/c1-8(2)11-5-4-9(3)6-10(11)7-12/h7-11H,4-6H2,1-3H3/t9-,10+,11?/m1/s1. The number of aldehydes is 1. The molecular weight excluding hydrogens is 148 g/mol. The highest BCUT2D eigenvalue weighted by atomic mass is 16.1. The van der Waals surface area contributed by atoms with E-state index in [2.05, 4.69) is 20.8 Å². The summed E-state index contributed by atoms with van der Waals surface area (Å²) in [5, 5.41) is 0. The van der Waals surface area contributed by atoms with E-state index in [0.717, 1.165) is 12.3 Å². The molecule has 0 aliphatic heterocycles. The average molecular weight is 168 g/mol. The van der Waals surface area contributed by atoms with Crippen LogP contribution in [0.3, 0.4) is 0 Å². The molecule has 0 aromatic heterocycles. The molecule has 3 atom stereocenters. The Kier molecular flexibility index (Phi) is 3.30. The number of carbonyl (C=O) groups is 1. The summed E-state index contributed by atoms with van der Waals surface area (Å²) in [6, 6.07) is 0. The predicted molar refractivity (Wildman–Crippen MR) is 50.9 cm³/mol. The molecule has 0 N–H and O–H groups in total. The predicted octanol–water partition coefficient (Wildman–Crippen LogP) is 2.89. The lowest BCUT2D eigenvalue weighted by Gasteiger charge is -2.34. The van der Waals surface area contributed by atoms with Gasteiger partial charge in [-0.25, -0.2) is 0 Å². The van der Waals surface area contributed by atoms with Crippen LogP contribution in [0.1, 0.15) is 40.0 Å². The second-order valence-corrected chi connectivity index (χ2v) is 4.63. The van der Waals surface area contributed by atoms with Gasteiger partial charge in [0.25, 0.3) is 0 Å². The van der Waals surface area contributed by atoms with E-state index in [1.54, 1.807) is 0 Å².